The zero-order chi connectivity index (χ0) is 9.84. The summed E-state index contributed by atoms with van der Waals surface area (Å²) in [5.74, 6) is 0. The van der Waals surface area contributed by atoms with Gasteiger partial charge in [0.2, 0.25) is 0 Å². The molecule has 0 radical (unpaired) electrons. The van der Waals surface area contributed by atoms with Crippen molar-refractivity contribution in [2.24, 2.45) is 0 Å². The number of nitrogens with two attached hydrogens (primary N) is 1. The number of hydrogen-bond acceptors (Lipinski definition) is 1. The number of benzene rings is 1. The molecule has 0 heterocycles. The van der Waals surface area contributed by atoms with Gasteiger partial charge in [0.15, 0.2) is 0 Å². The van der Waals surface area contributed by atoms with Gasteiger partial charge in [0, 0.05) is 11.3 Å². The quantitative estimate of drug-likeness (QED) is 0.686. The van der Waals surface area contributed by atoms with E-state index in [0.29, 0.717) is 0 Å². The van der Waals surface area contributed by atoms with Crippen LogP contribution in [0.4, 0.5) is 5.69 Å². The van der Waals surface area contributed by atoms with E-state index in [0.717, 1.165) is 12.1 Å². The molecule has 0 spiro atoms. The first-order valence-electron chi connectivity index (χ1n) is 4.69. The molecule has 0 unspecified atom stereocenters. The normalized spacial score (nSPS) is 11.0. The standard InChI is InChI=1S/C12H17N/c1-4-5-6-11-10(3)9(2)7-8-12(11)13/h5-8H,4,13H2,1-3H3/b6-5-. The second-order valence-corrected chi connectivity index (χ2v) is 3.32. The van der Waals surface area contributed by atoms with Crippen molar-refractivity contribution >= 4 is 11.8 Å². The molecule has 70 valence electrons. The summed E-state index contributed by atoms with van der Waals surface area (Å²) in [6.07, 6.45) is 5.29. The maximum atomic E-state index is 5.88. The van der Waals surface area contributed by atoms with Crippen molar-refractivity contribution in [2.75, 3.05) is 5.73 Å². The molecule has 0 saturated heterocycles. The van der Waals surface area contributed by atoms with E-state index >= 15 is 0 Å². The lowest BCUT2D eigenvalue weighted by Crippen LogP contribution is -1.94. The summed E-state index contributed by atoms with van der Waals surface area (Å²) in [6, 6.07) is 4.03. The Balaban J connectivity index is 3.17. The highest BCUT2D eigenvalue weighted by atomic mass is 14.6. The first-order valence-corrected chi connectivity index (χ1v) is 4.69. The minimum Gasteiger partial charge on any atom is -0.398 e. The van der Waals surface area contributed by atoms with Gasteiger partial charge in [-0.05, 0) is 37.5 Å². The van der Waals surface area contributed by atoms with Gasteiger partial charge in [0.1, 0.15) is 0 Å². The van der Waals surface area contributed by atoms with Crippen LogP contribution in [0.25, 0.3) is 6.08 Å². The summed E-state index contributed by atoms with van der Waals surface area (Å²) in [5.41, 5.74) is 10.5. The first kappa shape index (κ1) is 9.85. The van der Waals surface area contributed by atoms with Crippen LogP contribution < -0.4 is 5.73 Å². The van der Waals surface area contributed by atoms with E-state index in [4.69, 9.17) is 5.73 Å². The number of hydrogen-bond donors (Lipinski definition) is 1. The van der Waals surface area contributed by atoms with Crippen molar-refractivity contribution < 1.29 is 0 Å². The molecule has 0 amide bonds. The third-order valence-electron chi connectivity index (χ3n) is 2.34. The fraction of sp³-hybridized carbons (Fsp3) is 0.333. The van der Waals surface area contributed by atoms with Gasteiger partial charge >= 0.3 is 0 Å². The van der Waals surface area contributed by atoms with Gasteiger partial charge in [-0.15, -0.1) is 0 Å². The molecule has 0 aliphatic carbocycles. The van der Waals surface area contributed by atoms with Crippen molar-refractivity contribution in [3.05, 3.63) is 34.9 Å². The van der Waals surface area contributed by atoms with Crippen molar-refractivity contribution in [1.29, 1.82) is 0 Å². The Morgan fingerprint density at radius 2 is 2.00 bits per heavy atom. The number of allylic oxidation sites excluding steroid dienone is 1. The third kappa shape index (κ3) is 2.11. The molecule has 1 aromatic carbocycles. The zero-order valence-corrected chi connectivity index (χ0v) is 8.59. The van der Waals surface area contributed by atoms with Crippen LogP contribution in [0, 0.1) is 13.8 Å². The predicted octanol–water partition coefficient (Wildman–Crippen LogP) is 3.31. The summed E-state index contributed by atoms with van der Waals surface area (Å²) >= 11 is 0. The summed E-state index contributed by atoms with van der Waals surface area (Å²) in [6.45, 7) is 6.34. The number of aryl methyl sites for hydroxylation is 1. The Labute approximate surface area is 80.3 Å². The van der Waals surface area contributed by atoms with E-state index in [2.05, 4.69) is 39.0 Å². The molecular weight excluding hydrogens is 158 g/mol. The number of nitrogen functional groups attached to an aromatic ring is 1. The topological polar surface area (TPSA) is 26.0 Å². The molecule has 1 aromatic rings. The Hall–Kier alpha value is -1.24. The van der Waals surface area contributed by atoms with E-state index in [1.165, 1.54) is 16.7 Å². The van der Waals surface area contributed by atoms with Crippen molar-refractivity contribution in [2.45, 2.75) is 27.2 Å². The minimum atomic E-state index is 0.868. The van der Waals surface area contributed by atoms with Crippen LogP contribution in [0.1, 0.15) is 30.0 Å². The molecule has 0 aliphatic heterocycles. The van der Waals surface area contributed by atoms with Crippen LogP contribution in [0.3, 0.4) is 0 Å². The number of rotatable bonds is 2. The second-order valence-electron chi connectivity index (χ2n) is 3.32. The smallest absolute Gasteiger partial charge is 0.0390 e. The van der Waals surface area contributed by atoms with Gasteiger partial charge in [-0.3, -0.25) is 0 Å². The van der Waals surface area contributed by atoms with Crippen LogP contribution in [0.2, 0.25) is 0 Å². The Morgan fingerprint density at radius 3 is 2.62 bits per heavy atom. The fourth-order valence-corrected chi connectivity index (χ4v) is 1.32. The summed E-state index contributed by atoms with van der Waals surface area (Å²) in [7, 11) is 0. The molecule has 2 N–H and O–H groups in total. The van der Waals surface area contributed by atoms with Crippen molar-refractivity contribution in [1.82, 2.24) is 0 Å². The summed E-state index contributed by atoms with van der Waals surface area (Å²) in [4.78, 5) is 0. The van der Waals surface area contributed by atoms with Gasteiger partial charge in [-0.1, -0.05) is 25.1 Å². The highest BCUT2D eigenvalue weighted by Crippen LogP contribution is 2.21. The molecule has 0 aliphatic rings. The lowest BCUT2D eigenvalue weighted by Gasteiger charge is -2.07. The summed E-state index contributed by atoms with van der Waals surface area (Å²) < 4.78 is 0. The molecule has 13 heavy (non-hydrogen) atoms. The van der Waals surface area contributed by atoms with Crippen molar-refractivity contribution in [3.63, 3.8) is 0 Å². The van der Waals surface area contributed by atoms with E-state index in [1.54, 1.807) is 0 Å². The van der Waals surface area contributed by atoms with Gasteiger partial charge < -0.3 is 5.73 Å². The highest BCUT2D eigenvalue weighted by Gasteiger charge is 2.01. The largest absolute Gasteiger partial charge is 0.398 e. The summed E-state index contributed by atoms with van der Waals surface area (Å²) in [5, 5.41) is 0. The third-order valence-corrected chi connectivity index (χ3v) is 2.34. The second kappa shape index (κ2) is 4.13. The monoisotopic (exact) mass is 175 g/mol. The van der Waals surface area contributed by atoms with Crippen molar-refractivity contribution in [3.8, 4) is 0 Å². The Morgan fingerprint density at radius 1 is 1.31 bits per heavy atom. The first-order chi connectivity index (χ1) is 6.16. The molecule has 0 bridgehead atoms. The maximum Gasteiger partial charge on any atom is 0.0390 e. The fourth-order valence-electron chi connectivity index (χ4n) is 1.32. The van der Waals surface area contributed by atoms with Crippen LogP contribution in [-0.2, 0) is 0 Å². The molecular formula is C12H17N. The predicted molar refractivity (Wildman–Crippen MR) is 59.7 cm³/mol. The van der Waals surface area contributed by atoms with E-state index in [9.17, 15) is 0 Å². The van der Waals surface area contributed by atoms with Gasteiger partial charge in [-0.25, -0.2) is 0 Å². The molecule has 1 nitrogen and oxygen atoms in total. The van der Waals surface area contributed by atoms with Crippen LogP contribution in [0.5, 0.6) is 0 Å². The van der Waals surface area contributed by atoms with Crippen LogP contribution in [0.15, 0.2) is 18.2 Å². The maximum absolute atomic E-state index is 5.88. The van der Waals surface area contributed by atoms with Crippen LogP contribution in [-0.4, -0.2) is 0 Å². The van der Waals surface area contributed by atoms with Gasteiger partial charge in [-0.2, -0.15) is 0 Å². The van der Waals surface area contributed by atoms with E-state index < -0.39 is 0 Å². The van der Waals surface area contributed by atoms with Gasteiger partial charge in [0.05, 0.1) is 0 Å². The average molecular weight is 175 g/mol. The number of anilines is 1. The van der Waals surface area contributed by atoms with E-state index in [1.807, 2.05) is 6.07 Å². The molecule has 1 rings (SSSR count). The van der Waals surface area contributed by atoms with Gasteiger partial charge in [0.25, 0.3) is 0 Å². The molecule has 0 aromatic heterocycles. The molecule has 0 saturated carbocycles. The zero-order valence-electron chi connectivity index (χ0n) is 8.59. The molecule has 0 atom stereocenters. The van der Waals surface area contributed by atoms with Crippen LogP contribution >= 0.6 is 0 Å². The average Bonchev–Trinajstić information content (AvgIpc) is 2.12. The highest BCUT2D eigenvalue weighted by molar-refractivity contribution is 5.68. The minimum absolute atomic E-state index is 0.868. The van der Waals surface area contributed by atoms with E-state index in [-0.39, 0.29) is 0 Å². The molecule has 0 fully saturated rings. The Kier molecular flexibility index (Phi) is 3.13. The lowest BCUT2D eigenvalue weighted by atomic mass is 10.0. The SMILES string of the molecule is CC/C=C\c1c(N)ccc(C)c1C. The Bertz CT molecular complexity index is 324. The molecule has 1 heteroatoms. The lowest BCUT2D eigenvalue weighted by molar-refractivity contribution is 1.23.